The maximum atomic E-state index is 11.4. The van der Waals surface area contributed by atoms with E-state index in [2.05, 4.69) is 4.90 Å². The molecule has 0 aromatic carbocycles. The topological polar surface area (TPSA) is 55.8 Å². The van der Waals surface area contributed by atoms with Crippen molar-refractivity contribution in [2.75, 3.05) is 26.3 Å². The van der Waals surface area contributed by atoms with Crippen LogP contribution in [-0.2, 0) is 19.1 Å². The molecule has 1 unspecified atom stereocenters. The van der Waals surface area contributed by atoms with E-state index >= 15 is 0 Å². The lowest BCUT2D eigenvalue weighted by Gasteiger charge is -2.35. The van der Waals surface area contributed by atoms with Gasteiger partial charge in [0, 0.05) is 19.0 Å². The fraction of sp³-hybridized carbons (Fsp3) is 0.867. The van der Waals surface area contributed by atoms with Gasteiger partial charge in [0.05, 0.1) is 19.6 Å². The molecule has 1 aliphatic heterocycles. The zero-order valence-corrected chi connectivity index (χ0v) is 12.7. The second-order valence-electron chi connectivity index (χ2n) is 5.08. The van der Waals surface area contributed by atoms with Crippen molar-refractivity contribution >= 4 is 11.9 Å². The van der Waals surface area contributed by atoms with E-state index < -0.39 is 0 Å². The Morgan fingerprint density at radius 3 is 2.35 bits per heavy atom. The summed E-state index contributed by atoms with van der Waals surface area (Å²) in [6, 6.07) is 0.391. The molecule has 20 heavy (non-hydrogen) atoms. The van der Waals surface area contributed by atoms with Crippen LogP contribution in [0.25, 0.3) is 0 Å². The van der Waals surface area contributed by atoms with Crippen LogP contribution in [0.15, 0.2) is 0 Å². The number of likely N-dealkylation sites (tertiary alicyclic amines) is 1. The number of esters is 2. The monoisotopic (exact) mass is 285 g/mol. The van der Waals surface area contributed by atoms with Gasteiger partial charge in [-0.1, -0.05) is 6.42 Å². The summed E-state index contributed by atoms with van der Waals surface area (Å²) in [5.74, 6) is -0.259. The Balaban J connectivity index is 2.33. The first kappa shape index (κ1) is 17.0. The van der Waals surface area contributed by atoms with Crippen LogP contribution in [0.1, 0.15) is 52.4 Å². The molecule has 1 atom stereocenters. The number of nitrogens with zero attached hydrogens (tertiary/aromatic N) is 1. The predicted molar refractivity (Wildman–Crippen MR) is 76.3 cm³/mol. The molecule has 0 aromatic rings. The molecule has 0 radical (unpaired) electrons. The van der Waals surface area contributed by atoms with Crippen molar-refractivity contribution in [2.24, 2.45) is 0 Å². The fourth-order valence-corrected chi connectivity index (χ4v) is 2.67. The molecule has 1 saturated heterocycles. The molecule has 1 fully saturated rings. The minimum absolute atomic E-state index is 0.122. The Morgan fingerprint density at radius 1 is 1.05 bits per heavy atom. The van der Waals surface area contributed by atoms with Crippen molar-refractivity contribution in [1.29, 1.82) is 0 Å². The summed E-state index contributed by atoms with van der Waals surface area (Å²) in [5, 5.41) is 0. The van der Waals surface area contributed by atoms with Gasteiger partial charge >= 0.3 is 11.9 Å². The van der Waals surface area contributed by atoms with E-state index in [1.165, 1.54) is 12.8 Å². The number of hydrogen-bond acceptors (Lipinski definition) is 5. The Kier molecular flexibility index (Phi) is 8.26. The van der Waals surface area contributed by atoms with Crippen LogP contribution in [0.2, 0.25) is 0 Å². The molecule has 0 bridgehead atoms. The van der Waals surface area contributed by atoms with Gasteiger partial charge in [0.15, 0.2) is 0 Å². The lowest BCUT2D eigenvalue weighted by atomic mass is 9.97. The third-order valence-corrected chi connectivity index (χ3v) is 3.64. The Hall–Kier alpha value is -1.10. The van der Waals surface area contributed by atoms with E-state index in [-0.39, 0.29) is 11.9 Å². The van der Waals surface area contributed by atoms with Gasteiger partial charge in [0.1, 0.15) is 0 Å². The van der Waals surface area contributed by atoms with Crippen molar-refractivity contribution in [3.8, 4) is 0 Å². The summed E-state index contributed by atoms with van der Waals surface area (Å²) >= 11 is 0. The number of carbonyl (C=O) groups excluding carboxylic acids is 2. The summed E-state index contributed by atoms with van der Waals surface area (Å²) in [5.41, 5.74) is 0. The van der Waals surface area contributed by atoms with Crippen LogP contribution < -0.4 is 0 Å². The highest BCUT2D eigenvalue weighted by atomic mass is 16.5. The number of rotatable bonds is 8. The SMILES string of the molecule is CCOC(=O)CCC1CCCCN1CCC(=O)OCC. The summed E-state index contributed by atoms with van der Waals surface area (Å²) in [6.45, 7) is 6.26. The number of ether oxygens (including phenoxy) is 2. The largest absolute Gasteiger partial charge is 0.466 e. The van der Waals surface area contributed by atoms with Gasteiger partial charge in [-0.2, -0.15) is 0 Å². The highest BCUT2D eigenvalue weighted by molar-refractivity contribution is 5.69. The lowest BCUT2D eigenvalue weighted by molar-refractivity contribution is -0.145. The summed E-state index contributed by atoms with van der Waals surface area (Å²) < 4.78 is 9.93. The van der Waals surface area contributed by atoms with Crippen molar-refractivity contribution < 1.29 is 19.1 Å². The second kappa shape index (κ2) is 9.75. The first-order valence-electron chi connectivity index (χ1n) is 7.72. The normalized spacial score (nSPS) is 19.6. The van der Waals surface area contributed by atoms with Gasteiger partial charge in [-0.05, 0) is 39.7 Å². The minimum atomic E-state index is -0.137. The molecule has 0 aromatic heterocycles. The standard InChI is InChI=1S/C15H27NO4/c1-3-19-14(17)9-8-13-7-5-6-11-16(13)12-10-15(18)20-4-2/h13H,3-12H2,1-2H3. The van der Waals surface area contributed by atoms with Crippen molar-refractivity contribution in [3.63, 3.8) is 0 Å². The van der Waals surface area contributed by atoms with Crippen LogP contribution >= 0.6 is 0 Å². The van der Waals surface area contributed by atoms with Gasteiger partial charge in [-0.3, -0.25) is 14.5 Å². The highest BCUT2D eigenvalue weighted by Crippen LogP contribution is 2.21. The molecule has 5 nitrogen and oxygen atoms in total. The lowest BCUT2D eigenvalue weighted by Crippen LogP contribution is -2.41. The van der Waals surface area contributed by atoms with E-state index in [9.17, 15) is 9.59 Å². The van der Waals surface area contributed by atoms with Crippen LogP contribution in [0.5, 0.6) is 0 Å². The van der Waals surface area contributed by atoms with Crippen LogP contribution in [-0.4, -0.2) is 49.2 Å². The van der Waals surface area contributed by atoms with Crippen LogP contribution in [0.4, 0.5) is 0 Å². The average Bonchev–Trinajstić information content (AvgIpc) is 2.44. The average molecular weight is 285 g/mol. The number of carbonyl (C=O) groups is 2. The summed E-state index contributed by atoms with van der Waals surface area (Å²) in [6.07, 6.45) is 5.18. The second-order valence-corrected chi connectivity index (χ2v) is 5.08. The van der Waals surface area contributed by atoms with Gasteiger partial charge in [0.2, 0.25) is 0 Å². The Labute approximate surface area is 121 Å². The minimum Gasteiger partial charge on any atom is -0.466 e. The zero-order chi connectivity index (χ0) is 14.8. The van der Waals surface area contributed by atoms with Crippen LogP contribution in [0.3, 0.4) is 0 Å². The van der Waals surface area contributed by atoms with Crippen molar-refractivity contribution in [2.45, 2.75) is 58.4 Å². The summed E-state index contributed by atoms with van der Waals surface area (Å²) in [7, 11) is 0. The molecule has 0 amide bonds. The third kappa shape index (κ3) is 6.37. The predicted octanol–water partition coefficient (Wildman–Crippen LogP) is 2.14. The highest BCUT2D eigenvalue weighted by Gasteiger charge is 2.23. The van der Waals surface area contributed by atoms with Gasteiger partial charge in [-0.15, -0.1) is 0 Å². The van der Waals surface area contributed by atoms with Crippen molar-refractivity contribution in [3.05, 3.63) is 0 Å². The molecule has 5 heteroatoms. The number of piperidine rings is 1. The van der Waals surface area contributed by atoms with Gasteiger partial charge in [-0.25, -0.2) is 0 Å². The maximum absolute atomic E-state index is 11.4. The summed E-state index contributed by atoms with van der Waals surface area (Å²) in [4.78, 5) is 25.2. The fourth-order valence-electron chi connectivity index (χ4n) is 2.67. The molecule has 1 aliphatic rings. The zero-order valence-electron chi connectivity index (χ0n) is 12.7. The van der Waals surface area contributed by atoms with Gasteiger partial charge < -0.3 is 9.47 Å². The molecule has 1 heterocycles. The van der Waals surface area contributed by atoms with E-state index in [0.717, 1.165) is 25.9 Å². The smallest absolute Gasteiger partial charge is 0.307 e. The molecule has 0 saturated carbocycles. The first-order valence-corrected chi connectivity index (χ1v) is 7.72. The maximum Gasteiger partial charge on any atom is 0.307 e. The third-order valence-electron chi connectivity index (χ3n) is 3.64. The molecular weight excluding hydrogens is 258 g/mol. The van der Waals surface area contributed by atoms with E-state index in [1.54, 1.807) is 0 Å². The molecular formula is C15H27NO4. The molecule has 0 spiro atoms. The van der Waals surface area contributed by atoms with E-state index in [4.69, 9.17) is 9.47 Å². The Morgan fingerprint density at radius 2 is 1.70 bits per heavy atom. The number of hydrogen-bond donors (Lipinski definition) is 0. The molecule has 0 aliphatic carbocycles. The quantitative estimate of drug-likeness (QED) is 0.640. The molecule has 116 valence electrons. The molecule has 0 N–H and O–H groups in total. The van der Waals surface area contributed by atoms with E-state index in [0.29, 0.717) is 32.1 Å². The molecule has 1 rings (SSSR count). The Bertz CT molecular complexity index is 276. The van der Waals surface area contributed by atoms with Crippen molar-refractivity contribution in [1.82, 2.24) is 4.90 Å². The van der Waals surface area contributed by atoms with E-state index in [1.807, 2.05) is 13.8 Å². The van der Waals surface area contributed by atoms with Gasteiger partial charge in [0.25, 0.3) is 0 Å². The first-order chi connectivity index (χ1) is 9.67. The van der Waals surface area contributed by atoms with Crippen LogP contribution in [0, 0.1) is 0 Å².